The van der Waals surface area contributed by atoms with Gasteiger partial charge in [0, 0.05) is 11.4 Å². The van der Waals surface area contributed by atoms with Gasteiger partial charge >= 0.3 is 0 Å². The van der Waals surface area contributed by atoms with E-state index in [9.17, 15) is 9.59 Å². The number of methoxy groups -OCH3 is 2. The van der Waals surface area contributed by atoms with Crippen molar-refractivity contribution >= 4 is 35.0 Å². The van der Waals surface area contributed by atoms with Crippen molar-refractivity contribution < 1.29 is 19.1 Å². The van der Waals surface area contributed by atoms with Crippen molar-refractivity contribution in [1.29, 1.82) is 0 Å². The van der Waals surface area contributed by atoms with Gasteiger partial charge in [-0.25, -0.2) is 0 Å². The molecular weight excluding hydrogens is 379 g/mol. The molecule has 0 spiro atoms. The molecule has 26 heavy (non-hydrogen) atoms. The third-order valence-corrected chi connectivity index (χ3v) is 4.16. The first-order valence-corrected chi connectivity index (χ1v) is 8.46. The minimum atomic E-state index is -0.551. The topological polar surface area (TPSA) is 76.7 Å². The fourth-order valence-electron chi connectivity index (χ4n) is 2.33. The number of aryl methyl sites for hydroxylation is 1. The first-order valence-electron chi connectivity index (χ1n) is 7.70. The van der Waals surface area contributed by atoms with Gasteiger partial charge in [-0.05, 0) is 36.2 Å². The summed E-state index contributed by atoms with van der Waals surface area (Å²) in [4.78, 5) is 24.1. The number of hydrogen-bond acceptors (Lipinski definition) is 4. The summed E-state index contributed by atoms with van der Waals surface area (Å²) in [5.41, 5.74) is 5.67. The van der Waals surface area contributed by atoms with E-state index in [0.29, 0.717) is 22.9 Å². The Hall–Kier alpha value is -2.44. The monoisotopic (exact) mass is 396 g/mol. The number of ether oxygens (including phenoxy) is 2. The zero-order valence-corrected chi connectivity index (χ0v) is 15.8. The van der Waals surface area contributed by atoms with Crippen LogP contribution in [0.3, 0.4) is 0 Å². The third kappa shape index (κ3) is 5.03. The van der Waals surface area contributed by atoms with Gasteiger partial charge in [-0.3, -0.25) is 20.4 Å². The standard InChI is InChI=1S/C18H18Cl2N2O4/c1-25-15-5-3-4-11(17(15)26-2)6-9-16(23)21-22-18(24)13-10-12(19)7-8-14(13)20/h3-5,7-8,10H,6,9H2,1-2H3,(H,21,23)(H,22,24). The Labute approximate surface area is 161 Å². The fraction of sp³-hybridized carbons (Fsp3) is 0.222. The third-order valence-electron chi connectivity index (χ3n) is 3.59. The fourth-order valence-corrected chi connectivity index (χ4v) is 2.70. The number of amides is 2. The Morgan fingerprint density at radius 2 is 1.81 bits per heavy atom. The maximum atomic E-state index is 12.1. The molecule has 0 unspecified atom stereocenters. The molecule has 6 nitrogen and oxygen atoms in total. The quantitative estimate of drug-likeness (QED) is 0.733. The average Bonchev–Trinajstić information content (AvgIpc) is 2.65. The molecule has 2 aromatic rings. The van der Waals surface area contributed by atoms with E-state index in [0.717, 1.165) is 5.56 Å². The maximum absolute atomic E-state index is 12.1. The predicted octanol–water partition coefficient (Wildman–Crippen LogP) is 3.40. The van der Waals surface area contributed by atoms with E-state index in [1.165, 1.54) is 19.2 Å². The zero-order valence-electron chi connectivity index (χ0n) is 14.3. The molecule has 0 atom stereocenters. The summed E-state index contributed by atoms with van der Waals surface area (Å²) in [5, 5.41) is 0.610. The molecule has 2 rings (SSSR count). The first kappa shape index (κ1) is 19.9. The van der Waals surface area contributed by atoms with Gasteiger partial charge in [0.25, 0.3) is 5.91 Å². The lowest BCUT2D eigenvalue weighted by atomic mass is 10.1. The number of nitrogens with one attached hydrogen (secondary N) is 2. The maximum Gasteiger partial charge on any atom is 0.271 e. The van der Waals surface area contributed by atoms with Gasteiger partial charge in [-0.15, -0.1) is 0 Å². The van der Waals surface area contributed by atoms with E-state index in [4.69, 9.17) is 32.7 Å². The van der Waals surface area contributed by atoms with E-state index in [2.05, 4.69) is 10.9 Å². The Morgan fingerprint density at radius 1 is 1.04 bits per heavy atom. The molecule has 0 fully saturated rings. The molecule has 0 aliphatic carbocycles. The summed E-state index contributed by atoms with van der Waals surface area (Å²) in [7, 11) is 3.08. The molecular formula is C18H18Cl2N2O4. The van der Waals surface area contributed by atoms with E-state index in [1.807, 2.05) is 12.1 Å². The Morgan fingerprint density at radius 3 is 2.50 bits per heavy atom. The second-order valence-electron chi connectivity index (χ2n) is 5.28. The highest BCUT2D eigenvalue weighted by atomic mass is 35.5. The van der Waals surface area contributed by atoms with Gasteiger partial charge in [0.2, 0.25) is 5.91 Å². The van der Waals surface area contributed by atoms with Crippen LogP contribution in [0.15, 0.2) is 36.4 Å². The van der Waals surface area contributed by atoms with Gasteiger partial charge in [-0.2, -0.15) is 0 Å². The summed E-state index contributed by atoms with van der Waals surface area (Å²) in [5.74, 6) is 0.262. The molecule has 0 bridgehead atoms. The van der Waals surface area contributed by atoms with Crippen LogP contribution in [0.1, 0.15) is 22.3 Å². The van der Waals surface area contributed by atoms with Crippen molar-refractivity contribution in [2.24, 2.45) is 0 Å². The summed E-state index contributed by atoms with van der Waals surface area (Å²) >= 11 is 11.8. The number of carbonyl (C=O) groups is 2. The van der Waals surface area contributed by atoms with E-state index >= 15 is 0 Å². The number of halogens is 2. The van der Waals surface area contributed by atoms with Gasteiger partial charge < -0.3 is 9.47 Å². The smallest absolute Gasteiger partial charge is 0.271 e. The lowest BCUT2D eigenvalue weighted by molar-refractivity contribution is -0.121. The molecule has 138 valence electrons. The van der Waals surface area contributed by atoms with Crippen LogP contribution in [-0.4, -0.2) is 26.0 Å². The van der Waals surface area contributed by atoms with Crippen molar-refractivity contribution in [3.8, 4) is 11.5 Å². The molecule has 0 aromatic heterocycles. The molecule has 0 saturated carbocycles. The van der Waals surface area contributed by atoms with Crippen LogP contribution in [0.4, 0.5) is 0 Å². The van der Waals surface area contributed by atoms with Crippen LogP contribution in [0.2, 0.25) is 10.0 Å². The molecule has 2 amide bonds. The second-order valence-corrected chi connectivity index (χ2v) is 6.12. The van der Waals surface area contributed by atoms with E-state index in [-0.39, 0.29) is 22.9 Å². The molecule has 0 heterocycles. The van der Waals surface area contributed by atoms with Gasteiger partial charge in [0.15, 0.2) is 11.5 Å². The van der Waals surface area contributed by atoms with Crippen LogP contribution in [-0.2, 0) is 11.2 Å². The van der Waals surface area contributed by atoms with Crippen LogP contribution < -0.4 is 20.3 Å². The number of benzene rings is 2. The number of para-hydroxylation sites is 1. The SMILES string of the molecule is COc1cccc(CCC(=O)NNC(=O)c2cc(Cl)ccc2Cl)c1OC. The average molecular weight is 397 g/mol. The highest BCUT2D eigenvalue weighted by Gasteiger charge is 2.14. The van der Waals surface area contributed by atoms with Crippen LogP contribution in [0, 0.1) is 0 Å². The molecule has 0 radical (unpaired) electrons. The van der Waals surface area contributed by atoms with Crippen LogP contribution >= 0.6 is 23.2 Å². The number of hydrazine groups is 1. The van der Waals surface area contributed by atoms with E-state index < -0.39 is 5.91 Å². The normalized spacial score (nSPS) is 10.2. The molecule has 0 saturated heterocycles. The number of hydrogen-bond donors (Lipinski definition) is 2. The summed E-state index contributed by atoms with van der Waals surface area (Å²) in [6.45, 7) is 0. The molecule has 0 aliphatic rings. The van der Waals surface area contributed by atoms with Gasteiger partial charge in [0.1, 0.15) is 0 Å². The summed E-state index contributed by atoms with van der Waals surface area (Å²) in [6, 6.07) is 9.94. The van der Waals surface area contributed by atoms with Crippen molar-refractivity contribution in [2.75, 3.05) is 14.2 Å². The van der Waals surface area contributed by atoms with Gasteiger partial charge in [0.05, 0.1) is 24.8 Å². The highest BCUT2D eigenvalue weighted by molar-refractivity contribution is 6.35. The van der Waals surface area contributed by atoms with Gasteiger partial charge in [-0.1, -0.05) is 35.3 Å². The second kappa shape index (κ2) is 9.31. The van der Waals surface area contributed by atoms with Crippen molar-refractivity contribution in [3.05, 3.63) is 57.6 Å². The summed E-state index contributed by atoms with van der Waals surface area (Å²) in [6.07, 6.45) is 0.563. The predicted molar refractivity (Wildman–Crippen MR) is 99.9 cm³/mol. The largest absolute Gasteiger partial charge is 0.493 e. The Bertz CT molecular complexity index is 812. The zero-order chi connectivity index (χ0) is 19.1. The van der Waals surface area contributed by atoms with Crippen molar-refractivity contribution in [3.63, 3.8) is 0 Å². The van der Waals surface area contributed by atoms with Crippen LogP contribution in [0.5, 0.6) is 11.5 Å². The lowest BCUT2D eigenvalue weighted by Gasteiger charge is -2.13. The molecule has 8 heteroatoms. The minimum Gasteiger partial charge on any atom is -0.493 e. The number of rotatable bonds is 6. The highest BCUT2D eigenvalue weighted by Crippen LogP contribution is 2.31. The Balaban J connectivity index is 1.92. The lowest BCUT2D eigenvalue weighted by Crippen LogP contribution is -2.41. The number of carbonyl (C=O) groups excluding carboxylic acids is 2. The van der Waals surface area contributed by atoms with E-state index in [1.54, 1.807) is 19.2 Å². The van der Waals surface area contributed by atoms with Crippen LogP contribution in [0.25, 0.3) is 0 Å². The molecule has 2 aromatic carbocycles. The molecule has 0 aliphatic heterocycles. The summed E-state index contributed by atoms with van der Waals surface area (Å²) < 4.78 is 10.6. The molecule has 2 N–H and O–H groups in total. The minimum absolute atomic E-state index is 0.146. The Kier molecular flexibility index (Phi) is 7.12. The first-order chi connectivity index (χ1) is 12.5. The van der Waals surface area contributed by atoms with Crippen molar-refractivity contribution in [2.45, 2.75) is 12.8 Å². The van der Waals surface area contributed by atoms with Crippen molar-refractivity contribution in [1.82, 2.24) is 10.9 Å².